The highest BCUT2D eigenvalue weighted by Crippen LogP contribution is 2.44. The molecule has 15 nitrogen and oxygen atoms in total. The standard InChI is InChI=1S/C16H21BrN2O.C16H21ClN2O.C16H22N2O.C15H17N3O3/c2*1-3-5-8-19-15-11(14(17)16(19)18)6-7-13-12(15)9-10(4-2)20-13;1-3-5-8-18-15(17)9-11-6-7-14-13(16(11)18)10-12(4-2)19-14;1-2-3-6-18-14-9-7-13(11(20)8-19)21-12(9)5-4-10(14)17-15(18)16/h2*6-7,10H,3-5,8-9,18H2,1-2H3;6-7,9,12H,3-5,8,10,17H2,1-2H3;4-5,7,19H,2-3,6,8H2,1H3,(H2,16,17). The highest BCUT2D eigenvalue weighted by atomic mass is 79.9. The predicted octanol–water partition coefficient (Wildman–Crippen LogP) is 15.0. The van der Waals surface area contributed by atoms with Crippen molar-refractivity contribution in [2.75, 3.05) is 29.5 Å². The van der Waals surface area contributed by atoms with Gasteiger partial charge in [-0.25, -0.2) is 4.98 Å². The van der Waals surface area contributed by atoms with Crippen molar-refractivity contribution in [3.63, 3.8) is 0 Å². The Morgan fingerprint density at radius 3 is 1.62 bits per heavy atom. The zero-order valence-corrected chi connectivity index (χ0v) is 50.1. The quantitative estimate of drug-likeness (QED) is 0.0541. The number of anilines is 4. The Labute approximate surface area is 482 Å². The number of ketones is 1. The molecule has 0 bridgehead atoms. The fourth-order valence-corrected chi connectivity index (χ4v) is 12.3. The van der Waals surface area contributed by atoms with E-state index in [-0.39, 0.29) is 11.9 Å². The highest BCUT2D eigenvalue weighted by Gasteiger charge is 2.30. The van der Waals surface area contributed by atoms with Crippen LogP contribution in [-0.2, 0) is 45.4 Å². The average Bonchev–Trinajstić information content (AvgIpc) is 4.40. The van der Waals surface area contributed by atoms with E-state index in [9.17, 15) is 4.79 Å². The summed E-state index contributed by atoms with van der Waals surface area (Å²) in [5.41, 5.74) is 34.6. The molecular formula is C63H81BrClN9O6. The Morgan fingerprint density at radius 1 is 0.600 bits per heavy atom. The van der Waals surface area contributed by atoms with Gasteiger partial charge in [-0.05, 0) is 122 Å². The second-order valence-corrected chi connectivity index (χ2v) is 22.6. The highest BCUT2D eigenvalue weighted by molar-refractivity contribution is 9.10. The Morgan fingerprint density at radius 2 is 1.09 bits per heavy atom. The molecular weight excluding hydrogens is 1090 g/mol. The van der Waals surface area contributed by atoms with Gasteiger partial charge in [-0.1, -0.05) is 85.8 Å². The molecule has 3 atom stereocenters. The van der Waals surface area contributed by atoms with Crippen LogP contribution >= 0.6 is 27.5 Å². The molecule has 0 aliphatic carbocycles. The van der Waals surface area contributed by atoms with Gasteiger partial charge < -0.3 is 64.9 Å². The summed E-state index contributed by atoms with van der Waals surface area (Å²) in [6.07, 6.45) is 15.9. The number of nitrogens with two attached hydrogens (primary N) is 4. The summed E-state index contributed by atoms with van der Waals surface area (Å²) in [5.74, 6) is 5.65. The Bertz CT molecular complexity index is 3550. The van der Waals surface area contributed by atoms with E-state index < -0.39 is 12.4 Å². The number of furan rings is 1. The van der Waals surface area contributed by atoms with Crippen molar-refractivity contribution in [2.45, 2.75) is 183 Å². The SMILES string of the molecule is CCCCn1c(N)c(Br)c2ccc3c(c21)CC(CC)O3.CCCCn1c(N)c(Cl)c2ccc3c(c21)CC(CC)O3.CCCCn1c(N)cc2ccc3c(c21)CC(CC)O3.CCCCn1c(N)nc2ccc3oc(C(=O)CO)cc3c21. The van der Waals surface area contributed by atoms with Crippen molar-refractivity contribution >= 4 is 111 Å². The largest absolute Gasteiger partial charge is 0.490 e. The van der Waals surface area contributed by atoms with Crippen LogP contribution in [0.5, 0.6) is 17.2 Å². The number of rotatable bonds is 17. The summed E-state index contributed by atoms with van der Waals surface area (Å²) in [6.45, 7) is 18.3. The van der Waals surface area contributed by atoms with E-state index in [2.05, 4.69) is 113 Å². The summed E-state index contributed by atoms with van der Waals surface area (Å²) in [4.78, 5) is 15.9. The normalized spacial score (nSPS) is 15.9. The molecule has 8 heterocycles. The van der Waals surface area contributed by atoms with Gasteiger partial charge in [0.15, 0.2) is 5.76 Å². The number of carbonyl (C=O) groups is 1. The molecule has 9 N–H and O–H groups in total. The summed E-state index contributed by atoms with van der Waals surface area (Å²) in [7, 11) is 0. The molecule has 4 aromatic carbocycles. The van der Waals surface area contributed by atoms with E-state index in [1.807, 2.05) is 22.8 Å². The van der Waals surface area contributed by atoms with Crippen molar-refractivity contribution < 1.29 is 28.5 Å². The number of fused-ring (bicyclic) bond motifs is 12. The zero-order valence-electron chi connectivity index (χ0n) is 47.7. The second kappa shape index (κ2) is 25.5. The van der Waals surface area contributed by atoms with Crippen LogP contribution in [-0.4, -0.2) is 59.1 Å². The molecule has 3 unspecified atom stereocenters. The first-order chi connectivity index (χ1) is 38.7. The van der Waals surface area contributed by atoms with Gasteiger partial charge in [-0.3, -0.25) is 4.79 Å². The molecule has 0 radical (unpaired) electrons. The van der Waals surface area contributed by atoms with Gasteiger partial charge in [0, 0.05) is 83.7 Å². The van der Waals surface area contributed by atoms with E-state index in [0.717, 1.165) is 158 Å². The summed E-state index contributed by atoms with van der Waals surface area (Å²) in [5, 5.41) is 13.9. The molecule has 3 aliphatic heterocycles. The monoisotopic (exact) mass is 1170 g/mol. The van der Waals surface area contributed by atoms with Crippen molar-refractivity contribution in [3.8, 4) is 17.2 Å². The maximum Gasteiger partial charge on any atom is 0.223 e. The molecule has 0 amide bonds. The van der Waals surface area contributed by atoms with E-state index in [0.29, 0.717) is 34.6 Å². The third kappa shape index (κ3) is 11.3. The first kappa shape index (κ1) is 58.2. The van der Waals surface area contributed by atoms with E-state index in [1.54, 1.807) is 12.1 Å². The Kier molecular flexibility index (Phi) is 18.6. The molecule has 9 aromatic rings. The molecule has 0 fully saturated rings. The number of aliphatic hydroxyl groups is 1. The topological polar surface area (TPSA) is 215 Å². The number of carbonyl (C=O) groups excluding carboxylic acids is 1. The van der Waals surface area contributed by atoms with Crippen molar-refractivity contribution in [1.82, 2.24) is 23.3 Å². The van der Waals surface area contributed by atoms with Crippen LogP contribution in [0.15, 0.2) is 69.6 Å². The van der Waals surface area contributed by atoms with Crippen LogP contribution in [0.25, 0.3) is 54.7 Å². The van der Waals surface area contributed by atoms with Crippen LogP contribution in [0.1, 0.15) is 146 Å². The number of Topliss-reactive ketones (excluding diaryl/α,β-unsaturated/α-hetero) is 1. The number of aliphatic hydroxyl groups excluding tert-OH is 1. The van der Waals surface area contributed by atoms with Gasteiger partial charge in [0.05, 0.1) is 37.1 Å². The van der Waals surface area contributed by atoms with Crippen LogP contribution in [0.3, 0.4) is 0 Å². The van der Waals surface area contributed by atoms with Crippen LogP contribution < -0.4 is 37.1 Å². The molecule has 17 heteroatoms. The van der Waals surface area contributed by atoms with Crippen LogP contribution in [0, 0.1) is 0 Å². The number of unbranched alkanes of at least 4 members (excludes halogenated alkanes) is 4. The lowest BCUT2D eigenvalue weighted by molar-refractivity contribution is 0.0878. The first-order valence-corrected chi connectivity index (χ1v) is 30.3. The van der Waals surface area contributed by atoms with Crippen molar-refractivity contribution in [1.29, 1.82) is 0 Å². The van der Waals surface area contributed by atoms with Gasteiger partial charge in [0.25, 0.3) is 0 Å². The summed E-state index contributed by atoms with van der Waals surface area (Å²) in [6, 6.07) is 19.8. The number of hydrogen-bond acceptors (Lipinski definition) is 11. The molecule has 5 aromatic heterocycles. The number of aromatic nitrogens is 5. The number of imidazole rings is 1. The lowest BCUT2D eigenvalue weighted by Crippen LogP contribution is -2.10. The molecule has 3 aliphatic rings. The number of aryl methyl sites for hydroxylation is 4. The van der Waals surface area contributed by atoms with Crippen molar-refractivity contribution in [2.24, 2.45) is 0 Å². The van der Waals surface area contributed by atoms with Crippen molar-refractivity contribution in [3.05, 3.63) is 92.6 Å². The summed E-state index contributed by atoms with van der Waals surface area (Å²) < 4.78 is 33.1. The molecule has 0 saturated carbocycles. The minimum atomic E-state index is -0.569. The maximum atomic E-state index is 11.6. The molecule has 0 spiro atoms. The maximum absolute atomic E-state index is 11.6. The number of hydrogen-bond donors (Lipinski definition) is 5. The Hall–Kier alpha value is -6.49. The number of ether oxygens (including phenoxy) is 3. The van der Waals surface area contributed by atoms with Crippen LogP contribution in [0.4, 0.5) is 23.4 Å². The molecule has 428 valence electrons. The van der Waals surface area contributed by atoms with Crippen LogP contribution in [0.2, 0.25) is 5.02 Å². The summed E-state index contributed by atoms with van der Waals surface area (Å²) >= 11 is 10.1. The lowest BCUT2D eigenvalue weighted by Gasteiger charge is -2.09. The third-order valence-corrected chi connectivity index (χ3v) is 17.2. The van der Waals surface area contributed by atoms with Gasteiger partial charge in [-0.2, -0.15) is 0 Å². The molecule has 0 saturated heterocycles. The van der Waals surface area contributed by atoms with E-state index >= 15 is 0 Å². The van der Waals surface area contributed by atoms with E-state index in [1.165, 1.54) is 56.9 Å². The van der Waals surface area contributed by atoms with E-state index in [4.69, 9.17) is 58.3 Å². The number of nitrogen functional groups attached to an aromatic ring is 4. The molecule has 80 heavy (non-hydrogen) atoms. The average molecular weight is 1180 g/mol. The van der Waals surface area contributed by atoms with Gasteiger partial charge in [0.2, 0.25) is 11.7 Å². The smallest absolute Gasteiger partial charge is 0.223 e. The fraction of sp³-hybridized carbons (Fsp3) is 0.460. The zero-order chi connectivity index (χ0) is 56.9. The first-order valence-electron chi connectivity index (χ1n) is 29.1. The Balaban J connectivity index is 0.000000129. The fourth-order valence-electron chi connectivity index (χ4n) is 11.5. The van der Waals surface area contributed by atoms with Gasteiger partial charge in [0.1, 0.15) is 65.2 Å². The minimum absolute atomic E-state index is 0.154. The third-order valence-electron chi connectivity index (χ3n) is 16.0. The molecule has 12 rings (SSSR count). The predicted molar refractivity (Wildman–Crippen MR) is 332 cm³/mol. The van der Waals surface area contributed by atoms with Gasteiger partial charge >= 0.3 is 0 Å². The van der Waals surface area contributed by atoms with Gasteiger partial charge in [-0.15, -0.1) is 0 Å². The lowest BCUT2D eigenvalue weighted by atomic mass is 10.1. The second-order valence-electron chi connectivity index (χ2n) is 21.4. The number of nitrogens with zero attached hydrogens (tertiary/aromatic N) is 5. The minimum Gasteiger partial charge on any atom is -0.490 e. The number of benzene rings is 4. The number of halogens is 2.